The Morgan fingerprint density at radius 3 is 3.07 bits per heavy atom. The van der Waals surface area contributed by atoms with Gasteiger partial charge in [-0.25, -0.2) is 14.2 Å². The number of esters is 1. The van der Waals surface area contributed by atoms with E-state index in [1.165, 1.54) is 6.20 Å². The summed E-state index contributed by atoms with van der Waals surface area (Å²) in [6, 6.07) is 0. The summed E-state index contributed by atoms with van der Waals surface area (Å²) in [5.41, 5.74) is -0.605. The van der Waals surface area contributed by atoms with Crippen molar-refractivity contribution in [2.75, 3.05) is 6.61 Å². The molecule has 0 amide bonds. The van der Waals surface area contributed by atoms with E-state index in [-0.39, 0.29) is 10.2 Å². The van der Waals surface area contributed by atoms with Crippen molar-refractivity contribution in [3.63, 3.8) is 0 Å². The topological polar surface area (TPSA) is 61.2 Å². The highest BCUT2D eigenvalue weighted by Gasteiger charge is 2.22. The Bertz CT molecular complexity index is 421. The van der Waals surface area contributed by atoms with Crippen LogP contribution in [0.25, 0.3) is 0 Å². The molecule has 5 nitrogen and oxygen atoms in total. The molecule has 0 bridgehead atoms. The summed E-state index contributed by atoms with van der Waals surface area (Å²) < 4.78 is 18.7. The van der Waals surface area contributed by atoms with Gasteiger partial charge in [-0.1, -0.05) is 0 Å². The molecule has 0 radical (unpaired) electrons. The summed E-state index contributed by atoms with van der Waals surface area (Å²) in [4.78, 5) is 26.0. The molecule has 0 aliphatic rings. The molecule has 15 heavy (non-hydrogen) atoms. The van der Waals surface area contributed by atoms with Gasteiger partial charge in [0, 0.05) is 6.20 Å². The number of carbonyl (C=O) groups excluding carboxylic acids is 1. The molecule has 0 fully saturated rings. The van der Waals surface area contributed by atoms with Crippen LogP contribution in [0.2, 0.25) is 0 Å². The number of aromatic nitrogens is 2. The van der Waals surface area contributed by atoms with E-state index in [0.29, 0.717) is 4.57 Å². The smallest absolute Gasteiger partial charge is 0.362 e. The summed E-state index contributed by atoms with van der Waals surface area (Å²) in [5.74, 6) is -1.09. The van der Waals surface area contributed by atoms with Gasteiger partial charge in [0.05, 0.1) is 10.2 Å². The van der Waals surface area contributed by atoms with Crippen molar-refractivity contribution in [2.45, 2.75) is 13.2 Å². The van der Waals surface area contributed by atoms with Crippen LogP contribution in [0.15, 0.2) is 17.3 Å². The van der Waals surface area contributed by atoms with E-state index < -0.39 is 17.8 Å². The van der Waals surface area contributed by atoms with Gasteiger partial charge in [0.15, 0.2) is 0 Å². The van der Waals surface area contributed by atoms with Crippen LogP contribution in [-0.2, 0) is 9.53 Å². The Balaban J connectivity index is 3.01. The second-order valence-electron chi connectivity index (χ2n) is 2.54. The molecule has 1 rings (SSSR count). The summed E-state index contributed by atoms with van der Waals surface area (Å²) in [6.07, 6.45) is 0.114. The van der Waals surface area contributed by atoms with E-state index in [1.54, 1.807) is 29.5 Å². The van der Waals surface area contributed by atoms with E-state index in [2.05, 4.69) is 9.72 Å². The third-order valence-corrected chi connectivity index (χ3v) is 2.28. The third kappa shape index (κ3) is 2.74. The number of nitrogens with zero attached hydrogens (tertiary/aromatic N) is 2. The fourth-order valence-electron chi connectivity index (χ4n) is 0.888. The van der Waals surface area contributed by atoms with Gasteiger partial charge in [-0.15, -0.1) is 0 Å². The zero-order valence-corrected chi connectivity index (χ0v) is 9.97. The fourth-order valence-corrected chi connectivity index (χ4v) is 1.33. The SMILES string of the molecule is CCOC(=O)C(F)n1cncc(I)c1=O. The normalized spacial score (nSPS) is 12.2. The first-order valence-electron chi connectivity index (χ1n) is 4.10. The number of carbonyl (C=O) groups is 1. The maximum atomic E-state index is 13.4. The van der Waals surface area contributed by atoms with Crippen molar-refractivity contribution in [2.24, 2.45) is 0 Å². The summed E-state index contributed by atoms with van der Waals surface area (Å²) in [5, 5.41) is 0. The van der Waals surface area contributed by atoms with Crippen molar-refractivity contribution >= 4 is 28.6 Å². The third-order valence-electron chi connectivity index (χ3n) is 1.54. The highest BCUT2D eigenvalue weighted by atomic mass is 127. The maximum absolute atomic E-state index is 13.4. The van der Waals surface area contributed by atoms with Gasteiger partial charge in [0.1, 0.15) is 6.33 Å². The predicted molar refractivity (Wildman–Crippen MR) is 58.0 cm³/mol. The summed E-state index contributed by atoms with van der Waals surface area (Å²) in [6.45, 7) is 1.62. The van der Waals surface area contributed by atoms with Crippen molar-refractivity contribution in [1.29, 1.82) is 0 Å². The van der Waals surface area contributed by atoms with Crippen LogP contribution in [0.3, 0.4) is 0 Å². The molecule has 0 N–H and O–H groups in total. The standard InChI is InChI=1S/C8H8FIN2O3/c1-2-15-8(14)6(9)12-4-11-3-5(10)7(12)13/h3-4,6H,2H2,1H3. The minimum absolute atomic E-state index is 0.0609. The van der Waals surface area contributed by atoms with Crippen molar-refractivity contribution in [3.05, 3.63) is 26.4 Å². The molecule has 1 aromatic heterocycles. The first-order chi connectivity index (χ1) is 7.07. The largest absolute Gasteiger partial charge is 0.462 e. The maximum Gasteiger partial charge on any atom is 0.362 e. The summed E-state index contributed by atoms with van der Waals surface area (Å²) in [7, 11) is 0. The minimum atomic E-state index is -2.14. The lowest BCUT2D eigenvalue weighted by atomic mass is 10.5. The average molecular weight is 326 g/mol. The fraction of sp³-hybridized carbons (Fsp3) is 0.375. The van der Waals surface area contributed by atoms with Crippen LogP contribution < -0.4 is 5.56 Å². The van der Waals surface area contributed by atoms with E-state index in [0.717, 1.165) is 6.33 Å². The highest BCUT2D eigenvalue weighted by Crippen LogP contribution is 2.07. The molecule has 0 aliphatic carbocycles. The first kappa shape index (κ1) is 12.1. The number of hydrogen-bond donors (Lipinski definition) is 0. The average Bonchev–Trinajstić information content (AvgIpc) is 2.21. The van der Waals surface area contributed by atoms with E-state index in [9.17, 15) is 14.0 Å². The molecule has 1 heterocycles. The van der Waals surface area contributed by atoms with Gasteiger partial charge in [-0.3, -0.25) is 9.36 Å². The van der Waals surface area contributed by atoms with Crippen LogP contribution in [0, 0.1) is 3.57 Å². The number of hydrogen-bond acceptors (Lipinski definition) is 4. The van der Waals surface area contributed by atoms with Gasteiger partial charge in [0.2, 0.25) is 0 Å². The number of ether oxygens (including phenoxy) is 1. The number of rotatable bonds is 3. The Kier molecular flexibility index (Phi) is 4.18. The molecule has 7 heteroatoms. The Hall–Kier alpha value is -0.990. The molecule has 1 aromatic rings. The Morgan fingerprint density at radius 2 is 2.47 bits per heavy atom. The molecule has 1 atom stereocenters. The lowest BCUT2D eigenvalue weighted by Gasteiger charge is -2.09. The molecule has 0 aromatic carbocycles. The zero-order chi connectivity index (χ0) is 11.4. The van der Waals surface area contributed by atoms with Gasteiger partial charge in [0.25, 0.3) is 11.9 Å². The number of alkyl halides is 1. The van der Waals surface area contributed by atoms with Gasteiger partial charge in [-0.05, 0) is 29.5 Å². The molecule has 1 unspecified atom stereocenters. The van der Waals surface area contributed by atoms with Crippen molar-refractivity contribution in [3.8, 4) is 0 Å². The highest BCUT2D eigenvalue weighted by molar-refractivity contribution is 14.1. The van der Waals surface area contributed by atoms with Crippen LogP contribution in [0.1, 0.15) is 13.2 Å². The Labute approximate surface area is 98.4 Å². The van der Waals surface area contributed by atoms with E-state index in [4.69, 9.17) is 0 Å². The quantitative estimate of drug-likeness (QED) is 0.611. The van der Waals surface area contributed by atoms with Crippen LogP contribution >= 0.6 is 22.6 Å². The second-order valence-corrected chi connectivity index (χ2v) is 3.70. The molecule has 0 spiro atoms. The van der Waals surface area contributed by atoms with Crippen LogP contribution in [0.5, 0.6) is 0 Å². The molecule has 82 valence electrons. The first-order valence-corrected chi connectivity index (χ1v) is 5.18. The lowest BCUT2D eigenvalue weighted by Crippen LogP contribution is -2.30. The van der Waals surface area contributed by atoms with E-state index in [1.807, 2.05) is 0 Å². The second kappa shape index (κ2) is 5.19. The molecular formula is C8H8FIN2O3. The van der Waals surface area contributed by atoms with Gasteiger partial charge < -0.3 is 4.74 Å². The van der Waals surface area contributed by atoms with Crippen LogP contribution in [-0.4, -0.2) is 22.1 Å². The lowest BCUT2D eigenvalue weighted by molar-refractivity contribution is -0.153. The van der Waals surface area contributed by atoms with Gasteiger partial charge >= 0.3 is 5.97 Å². The van der Waals surface area contributed by atoms with Crippen molar-refractivity contribution in [1.82, 2.24) is 9.55 Å². The summed E-state index contributed by atoms with van der Waals surface area (Å²) >= 11 is 1.71. The molecule has 0 saturated heterocycles. The molecular weight excluding hydrogens is 318 g/mol. The van der Waals surface area contributed by atoms with Crippen LogP contribution in [0.4, 0.5) is 4.39 Å². The minimum Gasteiger partial charge on any atom is -0.462 e. The predicted octanol–water partition coefficient (Wildman–Crippen LogP) is 0.879. The van der Waals surface area contributed by atoms with Crippen molar-refractivity contribution < 1.29 is 13.9 Å². The Morgan fingerprint density at radius 1 is 1.80 bits per heavy atom. The van der Waals surface area contributed by atoms with Gasteiger partial charge in [-0.2, -0.15) is 0 Å². The van der Waals surface area contributed by atoms with E-state index >= 15 is 0 Å². The molecule has 0 saturated carbocycles. The molecule has 0 aliphatic heterocycles. The monoisotopic (exact) mass is 326 g/mol. The zero-order valence-electron chi connectivity index (χ0n) is 7.81. The number of halogens is 2.